The molecule has 124 valence electrons. The summed E-state index contributed by atoms with van der Waals surface area (Å²) in [6.07, 6.45) is 16.8. The Kier molecular flexibility index (Phi) is 4.66. The van der Waals surface area contributed by atoms with Crippen LogP contribution in [0.25, 0.3) is 0 Å². The van der Waals surface area contributed by atoms with Crippen molar-refractivity contribution in [3.8, 4) is 0 Å². The van der Waals surface area contributed by atoms with Gasteiger partial charge in [0.25, 0.3) is 0 Å². The van der Waals surface area contributed by atoms with Crippen molar-refractivity contribution in [2.24, 2.45) is 11.3 Å². The Balaban J connectivity index is 1.75. The van der Waals surface area contributed by atoms with Crippen molar-refractivity contribution in [1.29, 1.82) is 0 Å². The van der Waals surface area contributed by atoms with E-state index in [9.17, 15) is 4.79 Å². The molecular weight excluding hydrogens is 272 g/mol. The molecule has 0 N–H and O–H groups in total. The number of rotatable bonds is 3. The standard InChI is InChI=1S/C20H32O2/c1-16(2)18(21)22-20(17-8-4-3-5-9-17)14-12-19(13-15-20)10-6-7-11-19/h17H,1,3-15H2,2H3. The lowest BCUT2D eigenvalue weighted by atomic mass is 9.62. The van der Waals surface area contributed by atoms with Crippen LogP contribution < -0.4 is 0 Å². The summed E-state index contributed by atoms with van der Waals surface area (Å²) in [6, 6.07) is 0. The van der Waals surface area contributed by atoms with Gasteiger partial charge in [0.15, 0.2) is 0 Å². The van der Waals surface area contributed by atoms with Gasteiger partial charge in [-0.2, -0.15) is 0 Å². The number of hydrogen-bond acceptors (Lipinski definition) is 2. The summed E-state index contributed by atoms with van der Waals surface area (Å²) in [6.45, 7) is 5.57. The van der Waals surface area contributed by atoms with Gasteiger partial charge >= 0.3 is 5.97 Å². The summed E-state index contributed by atoms with van der Waals surface area (Å²) in [7, 11) is 0. The average Bonchev–Trinajstić information content (AvgIpc) is 2.99. The lowest BCUT2D eigenvalue weighted by Crippen LogP contribution is -2.48. The Morgan fingerprint density at radius 2 is 1.50 bits per heavy atom. The fraction of sp³-hybridized carbons (Fsp3) is 0.850. The summed E-state index contributed by atoms with van der Waals surface area (Å²) in [5.41, 5.74) is 0.967. The maximum Gasteiger partial charge on any atom is 0.333 e. The third kappa shape index (κ3) is 3.12. The molecule has 0 aliphatic heterocycles. The number of ether oxygens (including phenoxy) is 1. The van der Waals surface area contributed by atoms with Gasteiger partial charge in [0.05, 0.1) is 0 Å². The third-order valence-corrected chi connectivity index (χ3v) is 6.81. The van der Waals surface area contributed by atoms with E-state index in [1.54, 1.807) is 6.92 Å². The second-order valence-electron chi connectivity index (χ2n) is 8.28. The molecule has 3 fully saturated rings. The van der Waals surface area contributed by atoms with Gasteiger partial charge in [-0.3, -0.25) is 0 Å². The van der Waals surface area contributed by atoms with E-state index in [1.807, 2.05) is 0 Å². The van der Waals surface area contributed by atoms with E-state index in [-0.39, 0.29) is 11.6 Å². The SMILES string of the molecule is C=C(C)C(=O)OC1(C2CCCCC2)CCC2(CCCC2)CC1. The van der Waals surface area contributed by atoms with E-state index in [0.29, 0.717) is 16.9 Å². The first kappa shape index (κ1) is 16.1. The first-order valence-electron chi connectivity index (χ1n) is 9.44. The van der Waals surface area contributed by atoms with Gasteiger partial charge < -0.3 is 4.74 Å². The quantitative estimate of drug-likeness (QED) is 0.504. The average molecular weight is 304 g/mol. The van der Waals surface area contributed by atoms with Crippen LogP contribution >= 0.6 is 0 Å². The van der Waals surface area contributed by atoms with Crippen LogP contribution in [-0.4, -0.2) is 11.6 Å². The van der Waals surface area contributed by atoms with Gasteiger partial charge in [0, 0.05) is 5.57 Å². The van der Waals surface area contributed by atoms with Crippen LogP contribution in [0.2, 0.25) is 0 Å². The summed E-state index contributed by atoms with van der Waals surface area (Å²) in [4.78, 5) is 12.2. The minimum atomic E-state index is -0.176. The zero-order chi connectivity index (χ0) is 15.6. The maximum absolute atomic E-state index is 12.2. The van der Waals surface area contributed by atoms with Crippen LogP contribution in [0.3, 0.4) is 0 Å². The Morgan fingerprint density at radius 3 is 2.05 bits per heavy atom. The molecule has 3 saturated carbocycles. The molecule has 2 heteroatoms. The molecular formula is C20H32O2. The predicted octanol–water partition coefficient (Wildman–Crippen LogP) is 5.56. The smallest absolute Gasteiger partial charge is 0.333 e. The molecule has 0 atom stereocenters. The monoisotopic (exact) mass is 304 g/mol. The normalized spacial score (nSPS) is 27.7. The van der Waals surface area contributed by atoms with Crippen LogP contribution in [0.15, 0.2) is 12.2 Å². The van der Waals surface area contributed by atoms with E-state index in [2.05, 4.69) is 6.58 Å². The molecule has 22 heavy (non-hydrogen) atoms. The molecule has 1 spiro atoms. The minimum Gasteiger partial charge on any atom is -0.455 e. The highest BCUT2D eigenvalue weighted by molar-refractivity contribution is 5.87. The van der Waals surface area contributed by atoms with Crippen molar-refractivity contribution in [3.05, 3.63) is 12.2 Å². The highest BCUT2D eigenvalue weighted by Gasteiger charge is 2.49. The molecule has 0 radical (unpaired) electrons. The molecule has 0 unspecified atom stereocenters. The number of esters is 1. The minimum absolute atomic E-state index is 0.159. The van der Waals surface area contributed by atoms with Gasteiger partial charge in [-0.1, -0.05) is 38.7 Å². The summed E-state index contributed by atoms with van der Waals surface area (Å²) < 4.78 is 6.14. The number of hydrogen-bond donors (Lipinski definition) is 0. The van der Waals surface area contributed by atoms with Gasteiger partial charge in [0.2, 0.25) is 0 Å². The molecule has 0 aromatic rings. The molecule has 0 heterocycles. The zero-order valence-corrected chi connectivity index (χ0v) is 14.3. The van der Waals surface area contributed by atoms with Gasteiger partial charge in [0.1, 0.15) is 5.60 Å². The van der Waals surface area contributed by atoms with Gasteiger partial charge in [-0.05, 0) is 69.6 Å². The Hall–Kier alpha value is -0.790. The lowest BCUT2D eigenvalue weighted by Gasteiger charge is -2.49. The van der Waals surface area contributed by atoms with E-state index in [0.717, 1.165) is 12.8 Å². The van der Waals surface area contributed by atoms with Gasteiger partial charge in [-0.15, -0.1) is 0 Å². The molecule has 2 nitrogen and oxygen atoms in total. The molecule has 0 bridgehead atoms. The third-order valence-electron chi connectivity index (χ3n) is 6.81. The van der Waals surface area contributed by atoms with Gasteiger partial charge in [-0.25, -0.2) is 4.79 Å². The van der Waals surface area contributed by atoms with Crippen LogP contribution in [-0.2, 0) is 9.53 Å². The first-order valence-corrected chi connectivity index (χ1v) is 9.44. The molecule has 3 aliphatic carbocycles. The Bertz CT molecular complexity index is 415. The van der Waals surface area contributed by atoms with Crippen molar-refractivity contribution >= 4 is 5.97 Å². The zero-order valence-electron chi connectivity index (χ0n) is 14.3. The molecule has 3 aliphatic rings. The molecule has 0 aromatic carbocycles. The van der Waals surface area contributed by atoms with Crippen molar-refractivity contribution < 1.29 is 9.53 Å². The maximum atomic E-state index is 12.2. The van der Waals surface area contributed by atoms with Crippen molar-refractivity contribution in [2.45, 2.75) is 96.0 Å². The van der Waals surface area contributed by atoms with E-state index < -0.39 is 0 Å². The second-order valence-corrected chi connectivity index (χ2v) is 8.28. The largest absolute Gasteiger partial charge is 0.455 e. The summed E-state index contributed by atoms with van der Waals surface area (Å²) in [5.74, 6) is 0.427. The van der Waals surface area contributed by atoms with Crippen LogP contribution in [0.5, 0.6) is 0 Å². The highest BCUT2D eigenvalue weighted by Crippen LogP contribution is 2.55. The summed E-state index contributed by atoms with van der Waals surface area (Å²) >= 11 is 0. The van der Waals surface area contributed by atoms with Crippen molar-refractivity contribution in [3.63, 3.8) is 0 Å². The predicted molar refractivity (Wildman–Crippen MR) is 89.6 cm³/mol. The van der Waals surface area contributed by atoms with Crippen molar-refractivity contribution in [2.75, 3.05) is 0 Å². The molecule has 0 saturated heterocycles. The van der Waals surface area contributed by atoms with Crippen LogP contribution in [0, 0.1) is 11.3 Å². The van der Waals surface area contributed by atoms with E-state index in [4.69, 9.17) is 4.74 Å². The molecule has 3 rings (SSSR count). The highest BCUT2D eigenvalue weighted by atomic mass is 16.6. The lowest BCUT2D eigenvalue weighted by molar-refractivity contribution is -0.173. The Labute approximate surface area is 135 Å². The van der Waals surface area contributed by atoms with Crippen LogP contribution in [0.4, 0.5) is 0 Å². The van der Waals surface area contributed by atoms with E-state index in [1.165, 1.54) is 70.6 Å². The fourth-order valence-corrected chi connectivity index (χ4v) is 5.32. The molecule has 0 aromatic heterocycles. The number of carbonyl (C=O) groups excluding carboxylic acids is 1. The molecule has 0 amide bonds. The Morgan fingerprint density at radius 1 is 0.909 bits per heavy atom. The first-order chi connectivity index (χ1) is 10.6. The summed E-state index contributed by atoms with van der Waals surface area (Å²) in [5, 5.41) is 0. The fourth-order valence-electron chi connectivity index (χ4n) is 5.32. The van der Waals surface area contributed by atoms with Crippen molar-refractivity contribution in [1.82, 2.24) is 0 Å². The van der Waals surface area contributed by atoms with Crippen LogP contribution in [0.1, 0.15) is 90.4 Å². The van der Waals surface area contributed by atoms with E-state index >= 15 is 0 Å². The second kappa shape index (κ2) is 6.37. The number of carbonyl (C=O) groups is 1. The topological polar surface area (TPSA) is 26.3 Å².